The van der Waals surface area contributed by atoms with Gasteiger partial charge in [0.25, 0.3) is 5.56 Å². The van der Waals surface area contributed by atoms with E-state index in [1.165, 1.54) is 36.3 Å². The molecule has 0 fully saturated rings. The molecule has 5 nitrogen and oxygen atoms in total. The molecule has 0 aliphatic rings. The summed E-state index contributed by atoms with van der Waals surface area (Å²) >= 11 is 1.41. The third-order valence-corrected chi connectivity index (χ3v) is 4.79. The number of hydrogen-bond acceptors (Lipinski definition) is 5. The SMILES string of the molecule is CC(C)CCn1c(SCc2cccc(F)c2)nc2nccnc2c1=O. The number of nitrogens with zero attached hydrogens (tertiary/aromatic N) is 4. The highest BCUT2D eigenvalue weighted by atomic mass is 32.2. The predicted molar refractivity (Wildman–Crippen MR) is 97.0 cm³/mol. The number of benzene rings is 1. The van der Waals surface area contributed by atoms with Crippen molar-refractivity contribution in [2.45, 2.75) is 37.7 Å². The van der Waals surface area contributed by atoms with Crippen molar-refractivity contribution in [3.8, 4) is 0 Å². The molecule has 0 radical (unpaired) electrons. The molecular weight excluding hydrogens is 339 g/mol. The normalized spacial score (nSPS) is 11.4. The molecule has 0 aliphatic heterocycles. The Morgan fingerprint density at radius 1 is 1.24 bits per heavy atom. The Morgan fingerprint density at radius 3 is 2.80 bits per heavy atom. The van der Waals surface area contributed by atoms with Gasteiger partial charge in [0.1, 0.15) is 5.82 Å². The van der Waals surface area contributed by atoms with Crippen LogP contribution in [0.4, 0.5) is 4.39 Å². The van der Waals surface area contributed by atoms with E-state index in [4.69, 9.17) is 0 Å². The smallest absolute Gasteiger partial charge is 0.282 e. The van der Waals surface area contributed by atoms with E-state index in [0.717, 1.165) is 12.0 Å². The van der Waals surface area contributed by atoms with Crippen LogP contribution in [-0.4, -0.2) is 19.5 Å². The van der Waals surface area contributed by atoms with Gasteiger partial charge in [-0.2, -0.15) is 0 Å². The van der Waals surface area contributed by atoms with E-state index in [9.17, 15) is 9.18 Å². The summed E-state index contributed by atoms with van der Waals surface area (Å²) in [6.07, 6.45) is 3.88. The highest BCUT2D eigenvalue weighted by Crippen LogP contribution is 2.22. The lowest BCUT2D eigenvalue weighted by atomic mass is 10.1. The molecule has 3 aromatic rings. The summed E-state index contributed by atoms with van der Waals surface area (Å²) < 4.78 is 15.0. The number of hydrogen-bond donors (Lipinski definition) is 0. The van der Waals surface area contributed by atoms with Crippen molar-refractivity contribution in [2.75, 3.05) is 0 Å². The van der Waals surface area contributed by atoms with Gasteiger partial charge in [-0.1, -0.05) is 37.7 Å². The first-order chi connectivity index (χ1) is 12.0. The molecule has 7 heteroatoms. The lowest BCUT2D eigenvalue weighted by Crippen LogP contribution is -2.25. The first-order valence-corrected chi connectivity index (χ1v) is 9.12. The van der Waals surface area contributed by atoms with Crippen LogP contribution in [0.2, 0.25) is 0 Å². The lowest BCUT2D eigenvalue weighted by Gasteiger charge is -2.13. The molecule has 0 saturated carbocycles. The molecular formula is C18H19FN4OS. The highest BCUT2D eigenvalue weighted by Gasteiger charge is 2.14. The second-order valence-corrected chi connectivity index (χ2v) is 7.12. The van der Waals surface area contributed by atoms with E-state index < -0.39 is 0 Å². The highest BCUT2D eigenvalue weighted by molar-refractivity contribution is 7.98. The van der Waals surface area contributed by atoms with Crippen LogP contribution in [0.25, 0.3) is 11.2 Å². The largest absolute Gasteiger partial charge is 0.286 e. The molecule has 0 amide bonds. The van der Waals surface area contributed by atoms with Crippen LogP contribution < -0.4 is 5.56 Å². The topological polar surface area (TPSA) is 60.7 Å². The average molecular weight is 358 g/mol. The third kappa shape index (κ3) is 4.22. The summed E-state index contributed by atoms with van der Waals surface area (Å²) in [4.78, 5) is 25.6. The minimum absolute atomic E-state index is 0.180. The Hall–Kier alpha value is -2.28. The van der Waals surface area contributed by atoms with Gasteiger partial charge in [0.15, 0.2) is 16.3 Å². The fourth-order valence-corrected chi connectivity index (χ4v) is 3.35. The Morgan fingerprint density at radius 2 is 2.04 bits per heavy atom. The molecule has 0 atom stereocenters. The van der Waals surface area contributed by atoms with Gasteiger partial charge in [0, 0.05) is 24.7 Å². The molecule has 1 aromatic carbocycles. The van der Waals surface area contributed by atoms with Gasteiger partial charge in [-0.25, -0.2) is 19.3 Å². The molecule has 25 heavy (non-hydrogen) atoms. The van der Waals surface area contributed by atoms with Gasteiger partial charge in [-0.15, -0.1) is 0 Å². The van der Waals surface area contributed by atoms with Crippen LogP contribution >= 0.6 is 11.8 Å². The van der Waals surface area contributed by atoms with Gasteiger partial charge in [-0.3, -0.25) is 9.36 Å². The molecule has 3 rings (SSSR count). The number of rotatable bonds is 6. The Bertz CT molecular complexity index is 942. The van der Waals surface area contributed by atoms with Crippen molar-refractivity contribution >= 4 is 22.9 Å². The van der Waals surface area contributed by atoms with Crippen LogP contribution in [0.5, 0.6) is 0 Å². The van der Waals surface area contributed by atoms with Crippen molar-refractivity contribution < 1.29 is 4.39 Å². The summed E-state index contributed by atoms with van der Waals surface area (Å²) in [5, 5.41) is 0.586. The van der Waals surface area contributed by atoms with Crippen LogP contribution in [-0.2, 0) is 12.3 Å². The minimum Gasteiger partial charge on any atom is -0.286 e. The van der Waals surface area contributed by atoms with E-state index in [2.05, 4.69) is 28.8 Å². The van der Waals surface area contributed by atoms with Gasteiger partial charge >= 0.3 is 0 Å². The van der Waals surface area contributed by atoms with Crippen molar-refractivity contribution in [3.05, 3.63) is 58.4 Å². The van der Waals surface area contributed by atoms with Crippen LogP contribution in [0.15, 0.2) is 46.6 Å². The summed E-state index contributed by atoms with van der Waals surface area (Å²) in [5.74, 6) is 0.718. The van der Waals surface area contributed by atoms with E-state index >= 15 is 0 Å². The van der Waals surface area contributed by atoms with Gasteiger partial charge in [0.2, 0.25) is 0 Å². The molecule has 2 heterocycles. The zero-order valence-electron chi connectivity index (χ0n) is 14.1. The fourth-order valence-electron chi connectivity index (χ4n) is 2.40. The number of fused-ring (bicyclic) bond motifs is 1. The maximum absolute atomic E-state index is 13.4. The zero-order chi connectivity index (χ0) is 17.8. The van der Waals surface area contributed by atoms with E-state index in [0.29, 0.717) is 29.0 Å². The summed E-state index contributed by atoms with van der Waals surface area (Å²) in [7, 11) is 0. The van der Waals surface area contributed by atoms with Crippen molar-refractivity contribution in [3.63, 3.8) is 0 Å². The third-order valence-electron chi connectivity index (χ3n) is 3.75. The second kappa shape index (κ2) is 7.74. The average Bonchev–Trinajstić information content (AvgIpc) is 2.59. The Kier molecular flexibility index (Phi) is 5.43. The van der Waals surface area contributed by atoms with Crippen LogP contribution in [0.1, 0.15) is 25.8 Å². The molecule has 2 aromatic heterocycles. The molecule has 0 aliphatic carbocycles. The van der Waals surface area contributed by atoms with Crippen LogP contribution in [0, 0.1) is 11.7 Å². The Balaban J connectivity index is 1.96. The standard InChI is InChI=1S/C18H19FN4OS/c1-12(2)6-9-23-17(24)15-16(21-8-7-20-15)22-18(23)25-11-13-4-3-5-14(19)10-13/h3-5,7-8,10,12H,6,9,11H2,1-2H3. The Labute approximate surface area is 149 Å². The fraction of sp³-hybridized carbons (Fsp3) is 0.333. The van der Waals surface area contributed by atoms with Crippen molar-refractivity contribution in [2.24, 2.45) is 5.92 Å². The monoisotopic (exact) mass is 358 g/mol. The molecule has 130 valence electrons. The maximum Gasteiger partial charge on any atom is 0.282 e. The van der Waals surface area contributed by atoms with E-state index in [-0.39, 0.29) is 16.9 Å². The molecule has 0 saturated heterocycles. The van der Waals surface area contributed by atoms with Gasteiger partial charge in [-0.05, 0) is 30.0 Å². The second-order valence-electron chi connectivity index (χ2n) is 6.18. The van der Waals surface area contributed by atoms with Gasteiger partial charge < -0.3 is 0 Å². The summed E-state index contributed by atoms with van der Waals surface area (Å²) in [6, 6.07) is 6.44. The number of halogens is 1. The zero-order valence-corrected chi connectivity index (χ0v) is 15.0. The summed E-state index contributed by atoms with van der Waals surface area (Å²) in [6.45, 7) is 4.79. The summed E-state index contributed by atoms with van der Waals surface area (Å²) in [5.41, 5.74) is 1.28. The molecule has 0 spiro atoms. The quantitative estimate of drug-likeness (QED) is 0.497. The lowest BCUT2D eigenvalue weighted by molar-refractivity contribution is 0.480. The number of aromatic nitrogens is 4. The van der Waals surface area contributed by atoms with E-state index in [1.807, 2.05) is 6.07 Å². The van der Waals surface area contributed by atoms with Crippen molar-refractivity contribution in [1.29, 1.82) is 0 Å². The molecule has 0 N–H and O–H groups in total. The van der Waals surface area contributed by atoms with E-state index in [1.54, 1.807) is 10.6 Å². The molecule has 0 bridgehead atoms. The van der Waals surface area contributed by atoms with Gasteiger partial charge in [0.05, 0.1) is 0 Å². The minimum atomic E-state index is -0.271. The van der Waals surface area contributed by atoms with Crippen molar-refractivity contribution in [1.82, 2.24) is 19.5 Å². The number of thioether (sulfide) groups is 1. The predicted octanol–water partition coefficient (Wildman–Crippen LogP) is 3.66. The van der Waals surface area contributed by atoms with Crippen LogP contribution in [0.3, 0.4) is 0 Å². The first kappa shape index (κ1) is 17.5. The molecule has 0 unspecified atom stereocenters. The maximum atomic E-state index is 13.4. The first-order valence-electron chi connectivity index (χ1n) is 8.13.